The Kier molecular flexibility index (Phi) is 10.7. The lowest BCUT2D eigenvalue weighted by Crippen LogP contribution is -2.49. The van der Waals surface area contributed by atoms with Gasteiger partial charge in [0.15, 0.2) is 0 Å². The first-order valence-electron chi connectivity index (χ1n) is 13.5. The number of alkyl halides is 3. The Morgan fingerprint density at radius 3 is 2.48 bits per heavy atom. The molecule has 0 spiro atoms. The molecule has 0 radical (unpaired) electrons. The molecule has 4 rings (SSSR count). The summed E-state index contributed by atoms with van der Waals surface area (Å²) in [6.45, 7) is 2.71. The van der Waals surface area contributed by atoms with Crippen molar-refractivity contribution in [2.75, 3.05) is 38.7 Å². The van der Waals surface area contributed by atoms with Crippen molar-refractivity contribution in [1.82, 2.24) is 20.2 Å². The first-order valence-corrected chi connectivity index (χ1v) is 14.4. The van der Waals surface area contributed by atoms with E-state index in [-0.39, 0.29) is 24.6 Å². The van der Waals surface area contributed by atoms with E-state index >= 15 is 0 Å². The van der Waals surface area contributed by atoms with Gasteiger partial charge in [0.1, 0.15) is 12.4 Å². The number of nitrogens with one attached hydrogen (secondary N) is 1. The number of halogens is 3. The maximum atomic E-state index is 14.2. The summed E-state index contributed by atoms with van der Waals surface area (Å²) >= 11 is 1.44. The SMILES string of the molecule is Cc1cc(-c2ccc(OCCN(C)C)c(N(C[C@H](Cc3ccccc3)NCc3cscn3)C(=O)C(F)(F)F)c2)ccn1. The fraction of sp³-hybridized carbons (Fsp3) is 0.323. The molecule has 0 aliphatic heterocycles. The summed E-state index contributed by atoms with van der Waals surface area (Å²) < 4.78 is 48.5. The zero-order valence-electron chi connectivity index (χ0n) is 23.8. The average molecular weight is 598 g/mol. The second-order valence-electron chi connectivity index (χ2n) is 10.2. The van der Waals surface area contributed by atoms with E-state index in [9.17, 15) is 18.0 Å². The minimum Gasteiger partial charge on any atom is -0.490 e. The fourth-order valence-electron chi connectivity index (χ4n) is 4.43. The zero-order valence-corrected chi connectivity index (χ0v) is 24.6. The first-order chi connectivity index (χ1) is 20.1. The van der Waals surface area contributed by atoms with Gasteiger partial charge in [-0.05, 0) is 68.4 Å². The fourth-order valence-corrected chi connectivity index (χ4v) is 4.99. The number of amides is 1. The van der Waals surface area contributed by atoms with Crippen molar-refractivity contribution in [3.63, 3.8) is 0 Å². The van der Waals surface area contributed by atoms with E-state index in [0.29, 0.717) is 25.1 Å². The van der Waals surface area contributed by atoms with Crippen LogP contribution in [0.5, 0.6) is 5.75 Å². The van der Waals surface area contributed by atoms with Crippen molar-refractivity contribution in [2.45, 2.75) is 32.1 Å². The van der Waals surface area contributed by atoms with E-state index in [1.165, 1.54) is 11.3 Å². The Bertz CT molecular complexity index is 1430. The maximum Gasteiger partial charge on any atom is 0.471 e. The third-order valence-electron chi connectivity index (χ3n) is 6.55. The predicted octanol–water partition coefficient (Wildman–Crippen LogP) is 5.75. The molecule has 1 N–H and O–H groups in total. The third-order valence-corrected chi connectivity index (χ3v) is 7.18. The topological polar surface area (TPSA) is 70.6 Å². The predicted molar refractivity (Wildman–Crippen MR) is 160 cm³/mol. The summed E-state index contributed by atoms with van der Waals surface area (Å²) in [6.07, 6.45) is -3.06. The van der Waals surface area contributed by atoms with Crippen LogP contribution in [0.15, 0.2) is 77.8 Å². The molecule has 0 aliphatic rings. The highest BCUT2D eigenvalue weighted by molar-refractivity contribution is 7.07. The number of aryl methyl sites for hydroxylation is 1. The molecule has 7 nitrogen and oxygen atoms in total. The minimum atomic E-state index is -5.10. The van der Waals surface area contributed by atoms with Crippen molar-refractivity contribution in [2.24, 2.45) is 0 Å². The molecular formula is C31H34F3N5O2S. The summed E-state index contributed by atoms with van der Waals surface area (Å²) in [5, 5.41) is 5.21. The van der Waals surface area contributed by atoms with Crippen LogP contribution >= 0.6 is 11.3 Å². The van der Waals surface area contributed by atoms with E-state index in [4.69, 9.17) is 4.74 Å². The molecule has 0 unspecified atom stereocenters. The van der Waals surface area contributed by atoms with Gasteiger partial charge in [-0.3, -0.25) is 14.7 Å². The van der Waals surface area contributed by atoms with Crippen LogP contribution in [-0.2, 0) is 17.8 Å². The summed E-state index contributed by atoms with van der Waals surface area (Å²) in [5.41, 5.74) is 5.63. The van der Waals surface area contributed by atoms with Crippen molar-refractivity contribution in [1.29, 1.82) is 0 Å². The number of benzene rings is 2. The number of carbonyl (C=O) groups excluding carboxylic acids is 1. The minimum absolute atomic E-state index is 0.0524. The van der Waals surface area contributed by atoms with Gasteiger partial charge < -0.3 is 15.0 Å². The number of likely N-dealkylation sites (N-methyl/N-ethyl adjacent to an activating group) is 1. The van der Waals surface area contributed by atoms with Crippen molar-refractivity contribution in [3.8, 4) is 16.9 Å². The van der Waals surface area contributed by atoms with Crippen LogP contribution in [0, 0.1) is 6.92 Å². The molecule has 0 fully saturated rings. The van der Waals surface area contributed by atoms with Crippen LogP contribution in [0.1, 0.15) is 17.0 Å². The summed E-state index contributed by atoms with van der Waals surface area (Å²) in [6, 6.07) is 17.5. The van der Waals surface area contributed by atoms with E-state index in [0.717, 1.165) is 27.4 Å². The van der Waals surface area contributed by atoms with Gasteiger partial charge in [0.25, 0.3) is 0 Å². The molecule has 222 valence electrons. The molecule has 2 aromatic carbocycles. The van der Waals surface area contributed by atoms with Gasteiger partial charge in [-0.2, -0.15) is 13.2 Å². The molecule has 0 saturated heterocycles. The Balaban J connectivity index is 1.76. The van der Waals surface area contributed by atoms with Gasteiger partial charge in [0.2, 0.25) is 0 Å². The number of carbonyl (C=O) groups is 1. The van der Waals surface area contributed by atoms with Crippen molar-refractivity contribution >= 4 is 22.9 Å². The molecule has 2 aromatic heterocycles. The van der Waals surface area contributed by atoms with E-state index < -0.39 is 18.1 Å². The first kappa shape index (κ1) is 31.1. The lowest BCUT2D eigenvalue weighted by Gasteiger charge is -2.31. The van der Waals surface area contributed by atoms with Gasteiger partial charge in [0.05, 0.1) is 16.9 Å². The van der Waals surface area contributed by atoms with E-state index in [1.54, 1.807) is 36.0 Å². The van der Waals surface area contributed by atoms with Crippen LogP contribution in [0.25, 0.3) is 11.1 Å². The van der Waals surface area contributed by atoms with Crippen LogP contribution in [0.4, 0.5) is 18.9 Å². The van der Waals surface area contributed by atoms with E-state index in [2.05, 4.69) is 15.3 Å². The van der Waals surface area contributed by atoms with Gasteiger partial charge in [-0.15, -0.1) is 11.3 Å². The van der Waals surface area contributed by atoms with E-state index in [1.807, 2.05) is 67.7 Å². The Morgan fingerprint density at radius 1 is 1.05 bits per heavy atom. The van der Waals surface area contributed by atoms with Gasteiger partial charge in [-0.25, -0.2) is 4.98 Å². The highest BCUT2D eigenvalue weighted by atomic mass is 32.1. The molecule has 0 bridgehead atoms. The quantitative estimate of drug-likeness (QED) is 0.212. The molecule has 0 saturated carbocycles. The van der Waals surface area contributed by atoms with Crippen LogP contribution in [-0.4, -0.2) is 66.8 Å². The zero-order chi connectivity index (χ0) is 30.1. The molecule has 42 heavy (non-hydrogen) atoms. The van der Waals surface area contributed by atoms with Crippen molar-refractivity contribution < 1.29 is 22.7 Å². The number of pyridine rings is 1. The lowest BCUT2D eigenvalue weighted by molar-refractivity contribution is -0.170. The van der Waals surface area contributed by atoms with Gasteiger partial charge >= 0.3 is 12.1 Å². The maximum absolute atomic E-state index is 14.2. The number of nitrogens with zero attached hydrogens (tertiary/aromatic N) is 4. The highest BCUT2D eigenvalue weighted by Gasteiger charge is 2.44. The number of ether oxygens (including phenoxy) is 1. The molecule has 11 heteroatoms. The number of hydrogen-bond acceptors (Lipinski definition) is 7. The molecular weight excluding hydrogens is 563 g/mol. The average Bonchev–Trinajstić information content (AvgIpc) is 3.48. The highest BCUT2D eigenvalue weighted by Crippen LogP contribution is 2.36. The Hall–Kier alpha value is -3.80. The second kappa shape index (κ2) is 14.4. The summed E-state index contributed by atoms with van der Waals surface area (Å²) in [7, 11) is 3.75. The van der Waals surface area contributed by atoms with Crippen LogP contribution in [0.3, 0.4) is 0 Å². The molecule has 1 atom stereocenters. The lowest BCUT2D eigenvalue weighted by atomic mass is 10.0. The third kappa shape index (κ3) is 8.85. The van der Waals surface area contributed by atoms with Gasteiger partial charge in [0, 0.05) is 42.9 Å². The molecule has 1 amide bonds. The van der Waals surface area contributed by atoms with Crippen LogP contribution < -0.4 is 15.0 Å². The Labute approximate surface area is 248 Å². The largest absolute Gasteiger partial charge is 0.490 e. The standard InChI is InChI=1S/C31H34F3N5O2S/c1-22-15-25(11-12-35-22)24-9-10-29(41-14-13-38(2)3)28(17-24)39(30(40)31(32,33)34)19-26(16-23-7-5-4-6-8-23)36-18-27-20-42-21-37-27/h4-12,15,17,20-21,26,36H,13-14,16,18-19H2,1-3H3/t26-/m0/s1. The number of anilines is 1. The smallest absolute Gasteiger partial charge is 0.471 e. The van der Waals surface area contributed by atoms with Crippen LogP contribution in [0.2, 0.25) is 0 Å². The molecule has 2 heterocycles. The summed E-state index contributed by atoms with van der Waals surface area (Å²) in [4.78, 5) is 24.3. The normalized spacial score (nSPS) is 12.4. The number of hydrogen-bond donors (Lipinski definition) is 1. The monoisotopic (exact) mass is 597 g/mol. The Morgan fingerprint density at radius 2 is 1.81 bits per heavy atom. The number of rotatable bonds is 13. The number of thiazole rings is 1. The second-order valence-corrected chi connectivity index (χ2v) is 10.9. The molecule has 4 aromatic rings. The number of aromatic nitrogens is 2. The van der Waals surface area contributed by atoms with Crippen molar-refractivity contribution in [3.05, 3.63) is 94.7 Å². The molecule has 0 aliphatic carbocycles. The summed E-state index contributed by atoms with van der Waals surface area (Å²) in [5.74, 6) is -1.77. The van der Waals surface area contributed by atoms with Gasteiger partial charge in [-0.1, -0.05) is 36.4 Å².